The largest absolute Gasteiger partial charge is 0.389 e. The number of piperidine rings is 1. The van der Waals surface area contributed by atoms with E-state index >= 15 is 0 Å². The van der Waals surface area contributed by atoms with Gasteiger partial charge in [0.25, 0.3) is 5.91 Å². The average molecular weight is 491 g/mol. The van der Waals surface area contributed by atoms with Crippen LogP contribution in [0.3, 0.4) is 0 Å². The Bertz CT molecular complexity index is 1090. The molecule has 5 N–H and O–H groups in total. The number of halogens is 2. The number of anilines is 3. The summed E-state index contributed by atoms with van der Waals surface area (Å²) in [6.07, 6.45) is 5.23. The van der Waals surface area contributed by atoms with E-state index in [9.17, 15) is 9.18 Å². The number of hydrogen-bond acceptors (Lipinski definition) is 7. The van der Waals surface area contributed by atoms with E-state index in [0.29, 0.717) is 21.7 Å². The molecule has 0 spiro atoms. The maximum absolute atomic E-state index is 14.2. The van der Waals surface area contributed by atoms with Crippen LogP contribution in [-0.4, -0.2) is 35.0 Å². The van der Waals surface area contributed by atoms with Crippen molar-refractivity contribution in [1.82, 2.24) is 9.97 Å². The Morgan fingerprint density at radius 2 is 2.20 bits per heavy atom. The number of carbonyl (C=O) groups is 1. The number of nitrogens with two attached hydrogens (primary N) is 2. The van der Waals surface area contributed by atoms with Gasteiger partial charge in [0.15, 0.2) is 5.69 Å². The Labute approximate surface area is 185 Å². The summed E-state index contributed by atoms with van der Waals surface area (Å²) in [5.41, 5.74) is 13.9. The van der Waals surface area contributed by atoms with E-state index in [0.717, 1.165) is 36.4 Å². The molecule has 0 bridgehead atoms. The van der Waals surface area contributed by atoms with Gasteiger partial charge < -0.3 is 21.7 Å². The standard InChI is InChI=1S/C20H20BrFN6OS/c21-11-3-4-14(22)13(8-11)20-27-17(18(24)30-20)19(29)26-15-9-25-6-5-16(15)28-7-1-2-12(23)10-28/h3-6,8-9,12H,1-2,7,10,23-24H2,(H,26,29)/t12-/m0/s1. The monoisotopic (exact) mass is 490 g/mol. The molecule has 4 rings (SSSR count). The number of aromatic nitrogens is 2. The minimum Gasteiger partial charge on any atom is -0.389 e. The van der Waals surface area contributed by atoms with E-state index in [2.05, 4.69) is 36.1 Å². The summed E-state index contributed by atoms with van der Waals surface area (Å²) in [7, 11) is 0. The second-order valence-corrected chi connectivity index (χ2v) is 9.00. The van der Waals surface area contributed by atoms with Gasteiger partial charge in [-0.05, 0) is 37.1 Å². The molecule has 0 unspecified atom stereocenters. The Hall–Kier alpha value is -2.56. The van der Waals surface area contributed by atoms with E-state index < -0.39 is 11.7 Å². The number of thiazole rings is 1. The highest BCUT2D eigenvalue weighted by molar-refractivity contribution is 9.10. The molecule has 1 aromatic carbocycles. The topological polar surface area (TPSA) is 110 Å². The molecule has 30 heavy (non-hydrogen) atoms. The van der Waals surface area contributed by atoms with E-state index in [4.69, 9.17) is 11.5 Å². The van der Waals surface area contributed by atoms with E-state index in [1.807, 2.05) is 6.07 Å². The van der Waals surface area contributed by atoms with Gasteiger partial charge in [0, 0.05) is 35.4 Å². The number of benzene rings is 1. The van der Waals surface area contributed by atoms with Crippen LogP contribution >= 0.6 is 27.3 Å². The Morgan fingerprint density at radius 3 is 3.00 bits per heavy atom. The molecule has 1 saturated heterocycles. The third-order valence-electron chi connectivity index (χ3n) is 4.87. The third-order valence-corrected chi connectivity index (χ3v) is 6.28. The Balaban J connectivity index is 1.60. The van der Waals surface area contributed by atoms with Gasteiger partial charge in [-0.15, -0.1) is 0 Å². The lowest BCUT2D eigenvalue weighted by atomic mass is 10.1. The van der Waals surface area contributed by atoms with Crippen LogP contribution in [0.4, 0.5) is 20.8 Å². The molecule has 1 fully saturated rings. The summed E-state index contributed by atoms with van der Waals surface area (Å²) >= 11 is 4.39. The van der Waals surface area contributed by atoms with Crippen LogP contribution in [0.5, 0.6) is 0 Å². The van der Waals surface area contributed by atoms with Crippen LogP contribution in [0.2, 0.25) is 0 Å². The predicted molar refractivity (Wildman–Crippen MR) is 121 cm³/mol. The number of hydrogen-bond donors (Lipinski definition) is 3. The third kappa shape index (κ3) is 4.30. The highest BCUT2D eigenvalue weighted by Crippen LogP contribution is 2.34. The number of carbonyl (C=O) groups excluding carboxylic acids is 1. The molecular weight excluding hydrogens is 471 g/mol. The fraction of sp³-hybridized carbons (Fsp3) is 0.250. The number of nitrogens with zero attached hydrogens (tertiary/aromatic N) is 3. The van der Waals surface area contributed by atoms with Crippen LogP contribution in [-0.2, 0) is 0 Å². The number of rotatable bonds is 4. The zero-order chi connectivity index (χ0) is 21.3. The number of pyridine rings is 1. The summed E-state index contributed by atoms with van der Waals surface area (Å²) in [6.45, 7) is 1.56. The van der Waals surface area contributed by atoms with Crippen LogP contribution in [0.25, 0.3) is 10.6 Å². The number of amides is 1. The van der Waals surface area contributed by atoms with Gasteiger partial charge in [-0.25, -0.2) is 9.37 Å². The molecular formula is C20H20BrFN6OS. The minimum absolute atomic E-state index is 0.0551. The summed E-state index contributed by atoms with van der Waals surface area (Å²) in [5.74, 6) is -0.907. The van der Waals surface area contributed by atoms with Gasteiger partial charge in [-0.3, -0.25) is 9.78 Å². The minimum atomic E-state index is -0.471. The second kappa shape index (κ2) is 8.66. The van der Waals surface area contributed by atoms with Crippen molar-refractivity contribution in [2.75, 3.05) is 29.0 Å². The SMILES string of the molecule is Nc1sc(-c2cc(Br)ccc2F)nc1C(=O)Nc1cnccc1N1CCC[C@H](N)C1. The maximum atomic E-state index is 14.2. The van der Waals surface area contributed by atoms with Gasteiger partial charge >= 0.3 is 0 Å². The smallest absolute Gasteiger partial charge is 0.277 e. The van der Waals surface area contributed by atoms with Crippen molar-refractivity contribution in [3.05, 3.63) is 52.6 Å². The highest BCUT2D eigenvalue weighted by Gasteiger charge is 2.23. The van der Waals surface area contributed by atoms with Gasteiger partial charge in [0.05, 0.1) is 17.6 Å². The number of nitrogens with one attached hydrogen (secondary N) is 1. The van der Waals surface area contributed by atoms with Crippen LogP contribution in [0.15, 0.2) is 41.1 Å². The first kappa shape index (κ1) is 20.7. The molecule has 0 aliphatic carbocycles. The lowest BCUT2D eigenvalue weighted by Crippen LogP contribution is -2.43. The molecule has 10 heteroatoms. The summed E-state index contributed by atoms with van der Waals surface area (Å²) < 4.78 is 14.9. The molecule has 3 heterocycles. The molecule has 2 aromatic heterocycles. The molecule has 0 saturated carbocycles. The van der Waals surface area contributed by atoms with Crippen LogP contribution in [0.1, 0.15) is 23.3 Å². The van der Waals surface area contributed by atoms with Crippen molar-refractivity contribution in [3.63, 3.8) is 0 Å². The van der Waals surface area contributed by atoms with Crippen molar-refractivity contribution in [2.45, 2.75) is 18.9 Å². The first-order valence-electron chi connectivity index (χ1n) is 9.40. The Morgan fingerprint density at radius 1 is 1.37 bits per heavy atom. The second-order valence-electron chi connectivity index (χ2n) is 7.05. The zero-order valence-corrected chi connectivity index (χ0v) is 18.3. The molecule has 1 amide bonds. The van der Waals surface area contributed by atoms with Gasteiger partial charge in [-0.1, -0.05) is 27.3 Å². The first-order valence-corrected chi connectivity index (χ1v) is 11.0. The Kier molecular flexibility index (Phi) is 5.98. The van der Waals surface area contributed by atoms with E-state index in [1.165, 1.54) is 6.07 Å². The predicted octanol–water partition coefficient (Wildman–Crippen LogP) is 3.87. The lowest BCUT2D eigenvalue weighted by Gasteiger charge is -2.33. The fourth-order valence-corrected chi connectivity index (χ4v) is 4.65. The normalized spacial score (nSPS) is 16.5. The molecule has 3 aromatic rings. The molecule has 1 aliphatic rings. The molecule has 7 nitrogen and oxygen atoms in total. The van der Waals surface area contributed by atoms with Crippen LogP contribution in [0, 0.1) is 5.82 Å². The van der Waals surface area contributed by atoms with Crippen molar-refractivity contribution in [3.8, 4) is 10.6 Å². The quantitative estimate of drug-likeness (QED) is 0.511. The average Bonchev–Trinajstić information content (AvgIpc) is 3.12. The first-order chi connectivity index (χ1) is 14.4. The molecule has 0 radical (unpaired) electrons. The molecule has 1 aliphatic heterocycles. The van der Waals surface area contributed by atoms with Crippen molar-refractivity contribution < 1.29 is 9.18 Å². The highest BCUT2D eigenvalue weighted by atomic mass is 79.9. The van der Waals surface area contributed by atoms with Crippen molar-refractivity contribution >= 4 is 49.5 Å². The maximum Gasteiger partial charge on any atom is 0.277 e. The molecule has 1 atom stereocenters. The summed E-state index contributed by atoms with van der Waals surface area (Å²) in [5, 5.41) is 3.40. The van der Waals surface area contributed by atoms with Crippen molar-refractivity contribution in [1.29, 1.82) is 0 Å². The summed E-state index contributed by atoms with van der Waals surface area (Å²) in [4.78, 5) is 23.5. The number of nitrogen functional groups attached to an aromatic ring is 1. The zero-order valence-electron chi connectivity index (χ0n) is 15.9. The van der Waals surface area contributed by atoms with Gasteiger partial charge in [-0.2, -0.15) is 0 Å². The van der Waals surface area contributed by atoms with E-state index in [1.54, 1.807) is 24.5 Å². The lowest BCUT2D eigenvalue weighted by molar-refractivity contribution is 0.102. The van der Waals surface area contributed by atoms with Crippen molar-refractivity contribution in [2.24, 2.45) is 5.73 Å². The summed E-state index contributed by atoms with van der Waals surface area (Å²) in [6, 6.07) is 6.48. The van der Waals surface area contributed by atoms with Gasteiger partial charge in [0.2, 0.25) is 0 Å². The van der Waals surface area contributed by atoms with Gasteiger partial charge in [0.1, 0.15) is 15.8 Å². The van der Waals surface area contributed by atoms with E-state index in [-0.39, 0.29) is 22.3 Å². The fourth-order valence-electron chi connectivity index (χ4n) is 3.44. The molecule has 156 valence electrons. The van der Waals surface area contributed by atoms with Crippen LogP contribution < -0.4 is 21.7 Å².